The Bertz CT molecular complexity index is 759. The Kier molecular flexibility index (Phi) is 4.18. The lowest BCUT2D eigenvalue weighted by Gasteiger charge is -1.98. The van der Waals surface area contributed by atoms with Gasteiger partial charge in [-0.15, -0.1) is 0 Å². The van der Waals surface area contributed by atoms with Crippen molar-refractivity contribution in [2.45, 2.75) is 26.2 Å². The van der Waals surface area contributed by atoms with E-state index in [1.165, 1.54) is 18.4 Å². The van der Waals surface area contributed by atoms with Crippen LogP contribution in [0.4, 0.5) is 0 Å². The van der Waals surface area contributed by atoms with Gasteiger partial charge in [-0.2, -0.15) is 0 Å². The molecule has 0 N–H and O–H groups in total. The van der Waals surface area contributed by atoms with Crippen LogP contribution in [0.25, 0.3) is 22.6 Å². The summed E-state index contributed by atoms with van der Waals surface area (Å²) in [6, 6.07) is 11.5. The van der Waals surface area contributed by atoms with E-state index in [9.17, 15) is 0 Å². The highest BCUT2D eigenvalue weighted by Gasteiger charge is 2.10. The van der Waals surface area contributed by atoms with Gasteiger partial charge in [-0.3, -0.25) is 0 Å². The number of unbranched alkanes of at least 4 members (excludes halogenated alkanes) is 1. The third-order valence-electron chi connectivity index (χ3n) is 3.38. The molecule has 2 nitrogen and oxygen atoms in total. The van der Waals surface area contributed by atoms with E-state index in [-0.39, 0.29) is 0 Å². The summed E-state index contributed by atoms with van der Waals surface area (Å²) < 4.78 is 5.86. The Hall–Kier alpha value is -1.51. The molecule has 0 aliphatic rings. The normalized spacial score (nSPS) is 11.2. The molecule has 0 saturated carbocycles. The van der Waals surface area contributed by atoms with Crippen LogP contribution in [0.1, 0.15) is 25.3 Å². The minimum atomic E-state index is 0.544. The van der Waals surface area contributed by atoms with Gasteiger partial charge in [0.15, 0.2) is 5.58 Å². The molecular weight excluding hydrogens is 305 g/mol. The first-order chi connectivity index (χ1) is 10.2. The quantitative estimate of drug-likeness (QED) is 0.576. The van der Waals surface area contributed by atoms with E-state index in [1.807, 2.05) is 6.07 Å². The minimum absolute atomic E-state index is 0.544. The lowest BCUT2D eigenvalue weighted by atomic mass is 10.1. The van der Waals surface area contributed by atoms with E-state index in [0.717, 1.165) is 23.1 Å². The zero-order valence-corrected chi connectivity index (χ0v) is 13.2. The number of aromatic nitrogens is 1. The molecule has 21 heavy (non-hydrogen) atoms. The lowest BCUT2D eigenvalue weighted by Crippen LogP contribution is -1.83. The number of halogens is 2. The maximum Gasteiger partial charge on any atom is 0.227 e. The predicted octanol–water partition coefficient (Wildman–Crippen LogP) is 6.14. The van der Waals surface area contributed by atoms with Crippen LogP contribution in [-0.2, 0) is 6.42 Å². The maximum atomic E-state index is 6.03. The molecule has 0 unspecified atom stereocenters. The van der Waals surface area contributed by atoms with Gasteiger partial charge in [0.25, 0.3) is 0 Å². The second kappa shape index (κ2) is 6.08. The zero-order valence-electron chi connectivity index (χ0n) is 11.7. The Balaban J connectivity index is 2.00. The van der Waals surface area contributed by atoms with Crippen LogP contribution in [0, 0.1) is 0 Å². The molecule has 108 valence electrons. The highest BCUT2D eigenvalue weighted by atomic mass is 35.5. The van der Waals surface area contributed by atoms with Crippen LogP contribution in [0.2, 0.25) is 10.0 Å². The molecule has 2 aromatic carbocycles. The number of nitrogens with zero attached hydrogens (tertiary/aromatic N) is 1. The van der Waals surface area contributed by atoms with E-state index in [4.69, 9.17) is 27.6 Å². The summed E-state index contributed by atoms with van der Waals surface area (Å²) in [5, 5.41) is 1.15. The second-order valence-electron chi connectivity index (χ2n) is 5.08. The number of aryl methyl sites for hydroxylation is 1. The number of hydrogen-bond donors (Lipinski definition) is 0. The van der Waals surface area contributed by atoms with E-state index in [0.29, 0.717) is 15.9 Å². The maximum absolute atomic E-state index is 6.03. The molecule has 0 aliphatic heterocycles. The summed E-state index contributed by atoms with van der Waals surface area (Å²) in [5.74, 6) is 0.544. The Morgan fingerprint density at radius 3 is 2.52 bits per heavy atom. The van der Waals surface area contributed by atoms with Gasteiger partial charge in [-0.1, -0.05) is 42.6 Å². The topological polar surface area (TPSA) is 26.0 Å². The average molecular weight is 320 g/mol. The van der Waals surface area contributed by atoms with Crippen molar-refractivity contribution in [2.24, 2.45) is 0 Å². The first kappa shape index (κ1) is 14.4. The van der Waals surface area contributed by atoms with Gasteiger partial charge in [0, 0.05) is 15.6 Å². The van der Waals surface area contributed by atoms with Crippen LogP contribution in [-0.4, -0.2) is 4.98 Å². The van der Waals surface area contributed by atoms with Gasteiger partial charge in [0.05, 0.1) is 0 Å². The molecule has 1 heterocycles. The summed E-state index contributed by atoms with van der Waals surface area (Å²) in [4.78, 5) is 4.50. The number of oxazole rings is 1. The van der Waals surface area contributed by atoms with Gasteiger partial charge in [-0.25, -0.2) is 4.98 Å². The number of fused-ring (bicyclic) bond motifs is 1. The molecule has 3 rings (SSSR count). The molecular formula is C17H15Cl2NO. The van der Waals surface area contributed by atoms with Crippen molar-refractivity contribution in [1.82, 2.24) is 4.98 Å². The van der Waals surface area contributed by atoms with Crippen molar-refractivity contribution in [1.29, 1.82) is 0 Å². The summed E-state index contributed by atoms with van der Waals surface area (Å²) >= 11 is 12.1. The van der Waals surface area contributed by atoms with Crippen LogP contribution in [0.3, 0.4) is 0 Å². The van der Waals surface area contributed by atoms with E-state index in [2.05, 4.69) is 24.0 Å². The molecule has 0 fully saturated rings. The smallest absolute Gasteiger partial charge is 0.227 e. The number of hydrogen-bond acceptors (Lipinski definition) is 2. The van der Waals surface area contributed by atoms with Crippen LogP contribution >= 0.6 is 23.2 Å². The first-order valence-corrected chi connectivity index (χ1v) is 7.77. The predicted molar refractivity (Wildman–Crippen MR) is 88.1 cm³/mol. The molecule has 0 amide bonds. The van der Waals surface area contributed by atoms with Crippen LogP contribution in [0.5, 0.6) is 0 Å². The highest BCUT2D eigenvalue weighted by molar-refractivity contribution is 6.35. The largest absolute Gasteiger partial charge is 0.436 e. The molecule has 0 aliphatic carbocycles. The fourth-order valence-electron chi connectivity index (χ4n) is 2.31. The third-order valence-corrected chi connectivity index (χ3v) is 3.82. The first-order valence-electron chi connectivity index (χ1n) is 7.01. The minimum Gasteiger partial charge on any atom is -0.436 e. The summed E-state index contributed by atoms with van der Waals surface area (Å²) in [6.45, 7) is 2.19. The Morgan fingerprint density at radius 1 is 1.05 bits per heavy atom. The average Bonchev–Trinajstić information content (AvgIpc) is 2.87. The fraction of sp³-hybridized carbons (Fsp3) is 0.235. The van der Waals surface area contributed by atoms with E-state index >= 15 is 0 Å². The molecule has 1 aromatic heterocycles. The summed E-state index contributed by atoms with van der Waals surface area (Å²) in [6.07, 6.45) is 3.42. The molecule has 0 saturated heterocycles. The Morgan fingerprint density at radius 2 is 1.81 bits per heavy atom. The second-order valence-corrected chi connectivity index (χ2v) is 5.96. The van der Waals surface area contributed by atoms with Gasteiger partial charge < -0.3 is 4.42 Å². The zero-order chi connectivity index (χ0) is 14.8. The van der Waals surface area contributed by atoms with Gasteiger partial charge >= 0.3 is 0 Å². The van der Waals surface area contributed by atoms with Gasteiger partial charge in [0.1, 0.15) is 5.52 Å². The van der Waals surface area contributed by atoms with Gasteiger partial charge in [-0.05, 0) is 48.7 Å². The monoisotopic (exact) mass is 319 g/mol. The fourth-order valence-corrected chi connectivity index (χ4v) is 2.83. The van der Waals surface area contributed by atoms with Crippen LogP contribution < -0.4 is 0 Å². The molecule has 0 bridgehead atoms. The summed E-state index contributed by atoms with van der Waals surface area (Å²) in [7, 11) is 0. The number of rotatable bonds is 4. The molecule has 3 aromatic rings. The SMILES string of the molecule is CCCCc1ccc2nc(-c3cc(Cl)cc(Cl)c3)oc2c1. The lowest BCUT2D eigenvalue weighted by molar-refractivity contribution is 0.619. The van der Waals surface area contributed by atoms with Crippen molar-refractivity contribution in [3.8, 4) is 11.5 Å². The van der Waals surface area contributed by atoms with Crippen molar-refractivity contribution in [3.05, 3.63) is 52.0 Å². The van der Waals surface area contributed by atoms with E-state index in [1.54, 1.807) is 18.2 Å². The Labute approximate surface area is 133 Å². The molecule has 4 heteroatoms. The van der Waals surface area contributed by atoms with Crippen molar-refractivity contribution < 1.29 is 4.42 Å². The van der Waals surface area contributed by atoms with Crippen molar-refractivity contribution >= 4 is 34.3 Å². The summed E-state index contributed by atoms with van der Waals surface area (Å²) in [5.41, 5.74) is 3.71. The molecule has 0 spiro atoms. The highest BCUT2D eigenvalue weighted by Crippen LogP contribution is 2.29. The van der Waals surface area contributed by atoms with Crippen LogP contribution in [0.15, 0.2) is 40.8 Å². The molecule has 0 atom stereocenters. The van der Waals surface area contributed by atoms with Gasteiger partial charge in [0.2, 0.25) is 5.89 Å². The molecule has 0 radical (unpaired) electrons. The van der Waals surface area contributed by atoms with E-state index < -0.39 is 0 Å². The van der Waals surface area contributed by atoms with Crippen molar-refractivity contribution in [2.75, 3.05) is 0 Å². The third kappa shape index (κ3) is 3.22. The standard InChI is InChI=1S/C17H15Cl2NO/c1-2-3-4-11-5-6-15-16(7-11)21-17(20-15)12-8-13(18)10-14(19)9-12/h5-10H,2-4H2,1H3. The van der Waals surface area contributed by atoms with Crippen molar-refractivity contribution in [3.63, 3.8) is 0 Å². The number of benzene rings is 2.